The second-order valence-electron chi connectivity index (χ2n) is 17.8. The quantitative estimate of drug-likeness (QED) is 0.0144. The largest absolute Gasteiger partial charge is 0.507 e. The van der Waals surface area contributed by atoms with Crippen LogP contribution in [-0.4, -0.2) is 148 Å². The maximum absolute atomic E-state index is 14.0. The molecular formula is C39H76N4O10S3+2. The van der Waals surface area contributed by atoms with Crippen molar-refractivity contribution in [1.29, 1.82) is 0 Å². The van der Waals surface area contributed by atoms with E-state index >= 15 is 0 Å². The van der Waals surface area contributed by atoms with Crippen molar-refractivity contribution in [2.75, 3.05) is 92.2 Å². The third-order valence-corrected chi connectivity index (χ3v) is 11.8. The minimum absolute atomic E-state index is 0.0273. The van der Waals surface area contributed by atoms with Crippen molar-refractivity contribution < 1.29 is 55.7 Å². The zero-order valence-electron chi connectivity index (χ0n) is 35.8. The number of unbranched alkanes of at least 4 members (excludes halogenated alkanes) is 1. The van der Waals surface area contributed by atoms with E-state index in [1.807, 2.05) is 35.1 Å². The van der Waals surface area contributed by atoms with Crippen molar-refractivity contribution in [3.8, 4) is 0 Å². The van der Waals surface area contributed by atoms with Crippen molar-refractivity contribution in [3.05, 3.63) is 12.3 Å². The summed E-state index contributed by atoms with van der Waals surface area (Å²) >= 11 is 8.76. The lowest BCUT2D eigenvalue weighted by Crippen LogP contribution is -2.48. The van der Waals surface area contributed by atoms with Crippen LogP contribution in [0.5, 0.6) is 0 Å². The monoisotopic (exact) mass is 856 g/mol. The molecule has 0 heterocycles. The van der Waals surface area contributed by atoms with Gasteiger partial charge in [-0.15, -0.1) is 0 Å². The first-order valence-corrected chi connectivity index (χ1v) is 22.5. The van der Waals surface area contributed by atoms with Crippen LogP contribution < -0.4 is 10.6 Å². The summed E-state index contributed by atoms with van der Waals surface area (Å²) in [4.78, 5) is 53.7. The Morgan fingerprint density at radius 2 is 1.39 bits per heavy atom. The molecule has 0 bridgehead atoms. The minimum atomic E-state index is -4.03. The number of carbonyl (C=O) groups is 4. The molecule has 0 spiro atoms. The van der Waals surface area contributed by atoms with Gasteiger partial charge in [-0.3, -0.25) is 23.7 Å². The third-order valence-electron chi connectivity index (χ3n) is 10.2. The van der Waals surface area contributed by atoms with E-state index in [4.69, 9.17) is 14.0 Å². The number of likely N-dealkylation sites (N-methyl/N-ethyl adjacent to an activating group) is 1. The van der Waals surface area contributed by atoms with E-state index in [1.54, 1.807) is 27.7 Å². The number of esters is 2. The molecule has 56 heavy (non-hydrogen) atoms. The first kappa shape index (κ1) is 53.9. The van der Waals surface area contributed by atoms with Gasteiger partial charge < -0.3 is 34.2 Å². The predicted octanol–water partition coefficient (Wildman–Crippen LogP) is 4.61. The molecule has 0 aromatic heterocycles. The summed E-state index contributed by atoms with van der Waals surface area (Å²) in [6.45, 7) is 14.7. The molecule has 0 aliphatic carbocycles. The Balaban J connectivity index is 5.77. The Labute approximate surface area is 349 Å². The SMILES string of the molecule is C=C(O)C[N+](C)(C)CCOC(=O)C(C)(CC)CC(C)(CC(C)(C)C(=O)NCCC[N+](C)(C)CCCS(=O)(=O)O)C(=O)OCCNC(=O)CCCCC(S)CCS. The van der Waals surface area contributed by atoms with E-state index in [2.05, 4.69) is 42.5 Å². The smallest absolute Gasteiger partial charge is 0.312 e. The first-order chi connectivity index (χ1) is 25.6. The van der Waals surface area contributed by atoms with Crippen molar-refractivity contribution in [1.82, 2.24) is 10.6 Å². The molecule has 328 valence electrons. The van der Waals surface area contributed by atoms with Crippen LogP contribution in [0.2, 0.25) is 0 Å². The lowest BCUT2D eigenvalue weighted by atomic mass is 9.65. The number of thiol groups is 2. The van der Waals surface area contributed by atoms with E-state index in [9.17, 15) is 32.7 Å². The number of quaternary nitrogens is 2. The molecule has 0 saturated heterocycles. The minimum Gasteiger partial charge on any atom is -0.507 e. The molecule has 3 atom stereocenters. The standard InChI is InChI=1S/C39H74N4O10S3/c1-11-38(5,35(47)53-25-23-43(9,10)28-31(2)44)30-39(6,36(48)52-24-20-40-33(45)17-13-12-16-32(55)18-26-54)29-37(3,4)34(46)41-19-14-21-42(7,8)22-15-27-56(49,50)51/h32H,2,11-30H2,1,3-10H3,(H4-2,40,41,44,45,46,49,50,51,54,55)/p+2. The first-order valence-electron chi connectivity index (χ1n) is 19.8. The van der Waals surface area contributed by atoms with Gasteiger partial charge in [0.25, 0.3) is 10.1 Å². The van der Waals surface area contributed by atoms with E-state index in [0.717, 1.165) is 31.4 Å². The van der Waals surface area contributed by atoms with Crippen LogP contribution >= 0.6 is 25.3 Å². The molecule has 14 nitrogen and oxygen atoms in total. The zero-order valence-corrected chi connectivity index (χ0v) is 38.4. The van der Waals surface area contributed by atoms with E-state index in [1.165, 1.54) is 0 Å². The summed E-state index contributed by atoms with van der Waals surface area (Å²) in [5, 5.41) is 15.7. The maximum Gasteiger partial charge on any atom is 0.312 e. The Kier molecular flexibility index (Phi) is 23.9. The van der Waals surface area contributed by atoms with Gasteiger partial charge in [-0.1, -0.05) is 33.8 Å². The molecule has 4 N–H and O–H groups in total. The van der Waals surface area contributed by atoms with Gasteiger partial charge in [0.05, 0.1) is 64.4 Å². The second-order valence-corrected chi connectivity index (χ2v) is 20.5. The van der Waals surface area contributed by atoms with Gasteiger partial charge in [-0.25, -0.2) is 0 Å². The summed E-state index contributed by atoms with van der Waals surface area (Å²) < 4.78 is 43.6. The fourth-order valence-electron chi connectivity index (χ4n) is 6.89. The highest BCUT2D eigenvalue weighted by atomic mass is 32.2. The summed E-state index contributed by atoms with van der Waals surface area (Å²) in [7, 11) is 3.64. The van der Waals surface area contributed by atoms with Crippen LogP contribution in [-0.2, 0) is 38.8 Å². The van der Waals surface area contributed by atoms with Gasteiger partial charge in [-0.2, -0.15) is 33.7 Å². The number of hydrogen-bond donors (Lipinski definition) is 6. The van der Waals surface area contributed by atoms with Crippen LogP contribution in [0.25, 0.3) is 0 Å². The van der Waals surface area contributed by atoms with E-state index in [0.29, 0.717) is 67.4 Å². The number of rotatable bonds is 31. The number of carbonyl (C=O) groups excluding carboxylic acids is 4. The lowest BCUT2D eigenvalue weighted by molar-refractivity contribution is -0.890. The molecule has 0 aliphatic rings. The molecule has 0 aromatic rings. The number of aliphatic hydroxyl groups excluding tert-OH is 1. The van der Waals surface area contributed by atoms with Gasteiger partial charge in [0.2, 0.25) is 11.8 Å². The van der Waals surface area contributed by atoms with Crippen LogP contribution in [0.4, 0.5) is 0 Å². The Morgan fingerprint density at radius 1 is 0.804 bits per heavy atom. The molecule has 2 amide bonds. The summed E-state index contributed by atoms with van der Waals surface area (Å²) in [5.74, 6) is -1.00. The molecule has 0 aromatic carbocycles. The van der Waals surface area contributed by atoms with Gasteiger partial charge in [0.15, 0.2) is 0 Å². The fraction of sp³-hybridized carbons (Fsp3) is 0.846. The molecule has 0 fully saturated rings. The Morgan fingerprint density at radius 3 is 1.96 bits per heavy atom. The van der Waals surface area contributed by atoms with Crippen LogP contribution in [0, 0.1) is 16.2 Å². The molecule has 3 unspecified atom stereocenters. The summed E-state index contributed by atoms with van der Waals surface area (Å²) in [5.41, 5.74) is -3.47. The Hall–Kier alpha value is -2.05. The maximum atomic E-state index is 14.0. The lowest BCUT2D eigenvalue weighted by Gasteiger charge is -2.40. The van der Waals surface area contributed by atoms with Crippen molar-refractivity contribution in [2.24, 2.45) is 16.2 Å². The van der Waals surface area contributed by atoms with Crippen LogP contribution in [0.1, 0.15) is 98.8 Å². The summed E-state index contributed by atoms with van der Waals surface area (Å²) in [6.07, 6.45) is 5.12. The predicted molar refractivity (Wildman–Crippen MR) is 228 cm³/mol. The van der Waals surface area contributed by atoms with Crippen molar-refractivity contribution in [2.45, 2.75) is 104 Å². The molecular weight excluding hydrogens is 781 g/mol. The Bertz CT molecular complexity index is 1380. The zero-order chi connectivity index (χ0) is 43.4. The van der Waals surface area contributed by atoms with Gasteiger partial charge in [0, 0.05) is 36.5 Å². The molecule has 0 aliphatic heterocycles. The molecule has 17 heteroatoms. The van der Waals surface area contributed by atoms with Gasteiger partial charge in [0.1, 0.15) is 32.1 Å². The van der Waals surface area contributed by atoms with Crippen molar-refractivity contribution >= 4 is 59.1 Å². The van der Waals surface area contributed by atoms with E-state index < -0.39 is 38.3 Å². The number of amides is 2. The fourth-order valence-corrected chi connectivity index (χ4v) is 8.21. The highest BCUT2D eigenvalue weighted by Crippen LogP contribution is 2.45. The van der Waals surface area contributed by atoms with Crippen LogP contribution in [0.3, 0.4) is 0 Å². The molecule has 0 saturated carbocycles. The topological polar surface area (TPSA) is 185 Å². The summed E-state index contributed by atoms with van der Waals surface area (Å²) in [6, 6.07) is 0. The number of hydrogen-bond acceptors (Lipinski definition) is 11. The number of nitrogens with zero attached hydrogens (tertiary/aromatic N) is 2. The van der Waals surface area contributed by atoms with Crippen LogP contribution in [0.15, 0.2) is 12.3 Å². The van der Waals surface area contributed by atoms with E-state index in [-0.39, 0.29) is 61.2 Å². The normalized spacial score (nSPS) is 15.2. The highest BCUT2D eigenvalue weighted by Gasteiger charge is 2.49. The van der Waals surface area contributed by atoms with Gasteiger partial charge >= 0.3 is 11.9 Å². The average molecular weight is 857 g/mol. The molecule has 0 radical (unpaired) electrons. The van der Waals surface area contributed by atoms with Gasteiger partial charge in [-0.05, 0) is 58.1 Å². The molecule has 0 rings (SSSR count). The number of ether oxygens (including phenoxy) is 2. The number of nitrogens with one attached hydrogen (secondary N) is 2. The highest BCUT2D eigenvalue weighted by molar-refractivity contribution is 7.85. The number of aliphatic hydroxyl groups is 1. The second kappa shape index (κ2) is 24.8. The third kappa shape index (κ3) is 23.4. The van der Waals surface area contributed by atoms with Crippen molar-refractivity contribution in [3.63, 3.8) is 0 Å². The average Bonchev–Trinajstić information content (AvgIpc) is 3.05.